The molecule has 0 aliphatic rings. The second-order valence-electron chi connectivity index (χ2n) is 2.21. The predicted molar refractivity (Wildman–Crippen MR) is 46.9 cm³/mol. The Morgan fingerprint density at radius 1 is 1.67 bits per heavy atom. The summed E-state index contributed by atoms with van der Waals surface area (Å²) in [6.07, 6.45) is 5.03. The lowest BCUT2D eigenvalue weighted by atomic mass is 10.3. The Labute approximate surface area is 71.3 Å². The van der Waals surface area contributed by atoms with E-state index in [1.165, 1.54) is 0 Å². The first kappa shape index (κ1) is 8.74. The summed E-state index contributed by atoms with van der Waals surface area (Å²) in [5.74, 6) is 0.766. The Hall–Kier alpha value is -1.35. The number of ether oxygens (including phenoxy) is 1. The Balaban J connectivity index is 2.79. The van der Waals surface area contributed by atoms with Crippen LogP contribution < -0.4 is 4.74 Å². The molecule has 1 aromatic heterocycles. The van der Waals surface area contributed by atoms with Gasteiger partial charge >= 0.3 is 0 Å². The van der Waals surface area contributed by atoms with E-state index in [1.54, 1.807) is 37.6 Å². The van der Waals surface area contributed by atoms with Crippen molar-refractivity contribution >= 4 is 6.08 Å². The summed E-state index contributed by atoms with van der Waals surface area (Å²) in [5, 5.41) is 8.51. The first-order valence-electron chi connectivity index (χ1n) is 3.64. The summed E-state index contributed by atoms with van der Waals surface area (Å²) in [6, 6.07) is 3.57. The van der Waals surface area contributed by atoms with Gasteiger partial charge in [-0.05, 0) is 12.1 Å². The van der Waals surface area contributed by atoms with Gasteiger partial charge in [0.25, 0.3) is 0 Å². The van der Waals surface area contributed by atoms with Gasteiger partial charge in [0.05, 0.1) is 19.4 Å². The van der Waals surface area contributed by atoms with Crippen molar-refractivity contribution in [2.75, 3.05) is 13.7 Å². The van der Waals surface area contributed by atoms with E-state index in [-0.39, 0.29) is 6.61 Å². The number of pyridine rings is 1. The minimum atomic E-state index is 0.0267. The fourth-order valence-electron chi connectivity index (χ4n) is 0.819. The molecule has 3 heteroatoms. The molecule has 12 heavy (non-hydrogen) atoms. The quantitative estimate of drug-likeness (QED) is 0.729. The van der Waals surface area contributed by atoms with Gasteiger partial charge in [0.1, 0.15) is 5.75 Å². The van der Waals surface area contributed by atoms with Crippen LogP contribution in [-0.4, -0.2) is 23.8 Å². The molecule has 0 saturated carbocycles. The molecule has 1 rings (SSSR count). The van der Waals surface area contributed by atoms with Crippen LogP contribution in [0.1, 0.15) is 5.69 Å². The van der Waals surface area contributed by atoms with Crippen molar-refractivity contribution in [1.29, 1.82) is 0 Å². The van der Waals surface area contributed by atoms with Crippen LogP contribution in [0.2, 0.25) is 0 Å². The molecule has 1 heterocycles. The third-order valence-corrected chi connectivity index (χ3v) is 1.38. The average molecular weight is 165 g/mol. The number of methoxy groups -OCH3 is 1. The Bertz CT molecular complexity index is 271. The lowest BCUT2D eigenvalue weighted by Gasteiger charge is -1.98. The highest BCUT2D eigenvalue weighted by Crippen LogP contribution is 2.10. The van der Waals surface area contributed by atoms with Gasteiger partial charge in [0.2, 0.25) is 0 Å². The van der Waals surface area contributed by atoms with Crippen LogP contribution >= 0.6 is 0 Å². The van der Waals surface area contributed by atoms with Crippen molar-refractivity contribution in [2.24, 2.45) is 0 Å². The van der Waals surface area contributed by atoms with Gasteiger partial charge < -0.3 is 9.84 Å². The minimum absolute atomic E-state index is 0.0267. The molecule has 0 saturated heterocycles. The molecule has 64 valence electrons. The van der Waals surface area contributed by atoms with Gasteiger partial charge in [-0.2, -0.15) is 0 Å². The van der Waals surface area contributed by atoms with E-state index in [1.807, 2.05) is 0 Å². The summed E-state index contributed by atoms with van der Waals surface area (Å²) in [7, 11) is 1.61. The van der Waals surface area contributed by atoms with Crippen molar-refractivity contribution in [1.82, 2.24) is 4.98 Å². The summed E-state index contributed by atoms with van der Waals surface area (Å²) in [6.45, 7) is 0.0267. The van der Waals surface area contributed by atoms with Gasteiger partial charge in [-0.3, -0.25) is 4.98 Å². The molecule has 0 bridgehead atoms. The Kier molecular flexibility index (Phi) is 3.29. The van der Waals surface area contributed by atoms with Crippen LogP contribution in [0.3, 0.4) is 0 Å². The van der Waals surface area contributed by atoms with Gasteiger partial charge in [-0.15, -0.1) is 0 Å². The molecule has 0 unspecified atom stereocenters. The molecule has 0 amide bonds. The lowest BCUT2D eigenvalue weighted by Crippen LogP contribution is -1.85. The Morgan fingerprint density at radius 2 is 2.50 bits per heavy atom. The number of hydrogen-bond acceptors (Lipinski definition) is 3. The second kappa shape index (κ2) is 4.51. The molecule has 0 aliphatic carbocycles. The maximum absolute atomic E-state index is 8.51. The van der Waals surface area contributed by atoms with E-state index in [0.717, 1.165) is 11.4 Å². The lowest BCUT2D eigenvalue weighted by molar-refractivity contribution is 0.343. The van der Waals surface area contributed by atoms with Crippen LogP contribution in [-0.2, 0) is 0 Å². The molecule has 0 radical (unpaired) electrons. The van der Waals surface area contributed by atoms with Crippen molar-refractivity contribution < 1.29 is 9.84 Å². The van der Waals surface area contributed by atoms with Gasteiger partial charge in [0.15, 0.2) is 0 Å². The third kappa shape index (κ3) is 2.36. The highest BCUT2D eigenvalue weighted by Gasteiger charge is 1.91. The third-order valence-electron chi connectivity index (χ3n) is 1.38. The van der Waals surface area contributed by atoms with E-state index in [0.29, 0.717) is 0 Å². The normalized spacial score (nSPS) is 10.5. The number of aliphatic hydroxyl groups is 1. The molecule has 0 aromatic carbocycles. The van der Waals surface area contributed by atoms with E-state index >= 15 is 0 Å². The monoisotopic (exact) mass is 165 g/mol. The molecule has 1 N–H and O–H groups in total. The van der Waals surface area contributed by atoms with Crippen LogP contribution in [0, 0.1) is 0 Å². The second-order valence-corrected chi connectivity index (χ2v) is 2.21. The van der Waals surface area contributed by atoms with Gasteiger partial charge in [0, 0.05) is 12.3 Å². The number of aliphatic hydroxyl groups excluding tert-OH is 1. The van der Waals surface area contributed by atoms with E-state index in [4.69, 9.17) is 9.84 Å². The summed E-state index contributed by atoms with van der Waals surface area (Å²) in [4.78, 5) is 4.05. The number of rotatable bonds is 3. The fraction of sp³-hybridized carbons (Fsp3) is 0.222. The van der Waals surface area contributed by atoms with E-state index in [2.05, 4.69) is 4.98 Å². The summed E-state index contributed by atoms with van der Waals surface area (Å²) >= 11 is 0. The predicted octanol–water partition coefficient (Wildman–Crippen LogP) is 1.10. The zero-order valence-corrected chi connectivity index (χ0v) is 6.90. The van der Waals surface area contributed by atoms with Crippen molar-refractivity contribution in [3.8, 4) is 5.75 Å². The first-order chi connectivity index (χ1) is 5.86. The van der Waals surface area contributed by atoms with Crippen LogP contribution in [0.15, 0.2) is 24.4 Å². The smallest absolute Gasteiger partial charge is 0.122 e. The molecule has 0 fully saturated rings. The molecule has 0 spiro atoms. The molecule has 0 aliphatic heterocycles. The maximum atomic E-state index is 8.51. The van der Waals surface area contributed by atoms with Crippen molar-refractivity contribution in [3.05, 3.63) is 30.1 Å². The van der Waals surface area contributed by atoms with Crippen molar-refractivity contribution in [3.63, 3.8) is 0 Å². The molecular weight excluding hydrogens is 154 g/mol. The molecule has 0 atom stereocenters. The zero-order chi connectivity index (χ0) is 8.81. The minimum Gasteiger partial charge on any atom is -0.497 e. The number of nitrogens with zero attached hydrogens (tertiary/aromatic N) is 1. The SMILES string of the molecule is COc1ccnc(/C=C/CO)c1. The largest absolute Gasteiger partial charge is 0.497 e. The summed E-state index contributed by atoms with van der Waals surface area (Å²) in [5.41, 5.74) is 0.781. The highest BCUT2D eigenvalue weighted by molar-refractivity contribution is 5.46. The van der Waals surface area contributed by atoms with Crippen LogP contribution in [0.25, 0.3) is 6.08 Å². The summed E-state index contributed by atoms with van der Waals surface area (Å²) < 4.78 is 5.00. The fourth-order valence-corrected chi connectivity index (χ4v) is 0.819. The zero-order valence-electron chi connectivity index (χ0n) is 6.90. The van der Waals surface area contributed by atoms with Crippen molar-refractivity contribution in [2.45, 2.75) is 0 Å². The highest BCUT2D eigenvalue weighted by atomic mass is 16.5. The molecule has 3 nitrogen and oxygen atoms in total. The number of hydrogen-bond donors (Lipinski definition) is 1. The van der Waals surface area contributed by atoms with Gasteiger partial charge in [-0.25, -0.2) is 0 Å². The van der Waals surface area contributed by atoms with Crippen LogP contribution in [0.5, 0.6) is 5.75 Å². The van der Waals surface area contributed by atoms with Crippen LogP contribution in [0.4, 0.5) is 0 Å². The van der Waals surface area contributed by atoms with E-state index < -0.39 is 0 Å². The topological polar surface area (TPSA) is 42.4 Å². The number of aromatic nitrogens is 1. The average Bonchev–Trinajstić information content (AvgIpc) is 2.15. The molecular formula is C9H11NO2. The first-order valence-corrected chi connectivity index (χ1v) is 3.64. The Morgan fingerprint density at radius 3 is 3.17 bits per heavy atom. The van der Waals surface area contributed by atoms with Gasteiger partial charge in [-0.1, -0.05) is 6.08 Å². The standard InChI is InChI=1S/C9H11NO2/c1-12-9-4-5-10-8(7-9)3-2-6-11/h2-5,7,11H,6H2,1H3/b3-2+. The molecule has 1 aromatic rings. The maximum Gasteiger partial charge on any atom is 0.122 e. The van der Waals surface area contributed by atoms with E-state index in [9.17, 15) is 0 Å².